The summed E-state index contributed by atoms with van der Waals surface area (Å²) in [6.45, 7) is 9.44. The minimum atomic E-state index is 0.732. The maximum Gasteiger partial charge on any atom is 0.0996 e. The second-order valence-electron chi connectivity index (χ2n) is 5.36. The Labute approximate surface area is 129 Å². The first-order valence-corrected chi connectivity index (χ1v) is 7.95. The molecule has 0 saturated carbocycles. The average Bonchev–Trinajstić information content (AvgIpc) is 2.48. The van der Waals surface area contributed by atoms with E-state index in [1.807, 2.05) is 7.05 Å². The number of nitrogens with one attached hydrogen (secondary N) is 1. The number of unbranched alkanes of at least 4 members (excludes halogenated alkanes) is 1. The standard InChI is InChI=1S/C17H30N4/c1-5-7-8-17(18)20-16-10-9-15(13-14(16)3)21(6-2)12-11-19-4/h9-10,13,19H,5-8,11-12H2,1-4H3,(H2,18,20). The number of aryl methyl sites for hydroxylation is 1. The summed E-state index contributed by atoms with van der Waals surface area (Å²) in [5.41, 5.74) is 9.39. The number of hydrogen-bond acceptors (Lipinski definition) is 3. The van der Waals surface area contributed by atoms with Gasteiger partial charge in [-0.05, 0) is 51.1 Å². The van der Waals surface area contributed by atoms with Crippen molar-refractivity contribution in [3.05, 3.63) is 23.8 Å². The van der Waals surface area contributed by atoms with Crippen LogP contribution >= 0.6 is 0 Å². The van der Waals surface area contributed by atoms with Gasteiger partial charge in [-0.15, -0.1) is 0 Å². The lowest BCUT2D eigenvalue weighted by Gasteiger charge is -2.23. The van der Waals surface area contributed by atoms with Crippen molar-refractivity contribution in [1.29, 1.82) is 0 Å². The van der Waals surface area contributed by atoms with Crippen LogP contribution in [0.1, 0.15) is 38.7 Å². The zero-order valence-electron chi connectivity index (χ0n) is 13.9. The van der Waals surface area contributed by atoms with Gasteiger partial charge >= 0.3 is 0 Å². The van der Waals surface area contributed by atoms with Crippen molar-refractivity contribution in [3.63, 3.8) is 0 Å². The van der Waals surface area contributed by atoms with Crippen LogP contribution in [0.2, 0.25) is 0 Å². The van der Waals surface area contributed by atoms with E-state index in [0.717, 1.165) is 50.4 Å². The number of rotatable bonds is 9. The van der Waals surface area contributed by atoms with Crippen molar-refractivity contribution in [1.82, 2.24) is 5.32 Å². The molecule has 0 atom stereocenters. The number of anilines is 1. The highest BCUT2D eigenvalue weighted by molar-refractivity contribution is 5.83. The minimum Gasteiger partial charge on any atom is -0.387 e. The van der Waals surface area contributed by atoms with Crippen LogP contribution in [-0.4, -0.2) is 32.5 Å². The molecule has 0 radical (unpaired) electrons. The van der Waals surface area contributed by atoms with E-state index < -0.39 is 0 Å². The summed E-state index contributed by atoms with van der Waals surface area (Å²) in [6.07, 6.45) is 3.12. The van der Waals surface area contributed by atoms with Crippen molar-refractivity contribution in [3.8, 4) is 0 Å². The normalized spacial score (nSPS) is 11.7. The summed E-state index contributed by atoms with van der Waals surface area (Å²) in [4.78, 5) is 6.91. The van der Waals surface area contributed by atoms with Crippen molar-refractivity contribution >= 4 is 17.2 Å². The van der Waals surface area contributed by atoms with Gasteiger partial charge < -0.3 is 16.0 Å². The van der Waals surface area contributed by atoms with Crippen LogP contribution < -0.4 is 16.0 Å². The monoisotopic (exact) mass is 290 g/mol. The van der Waals surface area contributed by atoms with E-state index in [2.05, 4.69) is 54.2 Å². The van der Waals surface area contributed by atoms with Crippen molar-refractivity contribution in [2.75, 3.05) is 31.6 Å². The number of amidine groups is 1. The molecule has 3 N–H and O–H groups in total. The van der Waals surface area contributed by atoms with Crippen LogP contribution in [0.4, 0.5) is 11.4 Å². The topological polar surface area (TPSA) is 53.6 Å². The van der Waals surface area contributed by atoms with E-state index in [1.165, 1.54) is 11.3 Å². The summed E-state index contributed by atoms with van der Waals surface area (Å²) in [5, 5.41) is 3.19. The Morgan fingerprint density at radius 3 is 2.67 bits per heavy atom. The number of benzene rings is 1. The maximum atomic E-state index is 5.98. The molecule has 0 heterocycles. The van der Waals surface area contributed by atoms with Gasteiger partial charge in [-0.3, -0.25) is 0 Å². The van der Waals surface area contributed by atoms with Crippen LogP contribution in [0.25, 0.3) is 0 Å². The molecular weight excluding hydrogens is 260 g/mol. The number of nitrogens with two attached hydrogens (primary N) is 1. The smallest absolute Gasteiger partial charge is 0.0996 e. The van der Waals surface area contributed by atoms with Crippen molar-refractivity contribution in [2.24, 2.45) is 10.7 Å². The largest absolute Gasteiger partial charge is 0.387 e. The molecule has 0 aliphatic heterocycles. The highest BCUT2D eigenvalue weighted by Crippen LogP contribution is 2.25. The van der Waals surface area contributed by atoms with Gasteiger partial charge in [0.1, 0.15) is 0 Å². The molecular formula is C17H30N4. The first-order chi connectivity index (χ1) is 10.1. The van der Waals surface area contributed by atoms with Gasteiger partial charge in [-0.2, -0.15) is 0 Å². The fourth-order valence-corrected chi connectivity index (χ4v) is 2.25. The van der Waals surface area contributed by atoms with Crippen LogP contribution in [0.3, 0.4) is 0 Å². The van der Waals surface area contributed by atoms with E-state index in [9.17, 15) is 0 Å². The van der Waals surface area contributed by atoms with Crippen molar-refractivity contribution in [2.45, 2.75) is 40.0 Å². The Morgan fingerprint density at radius 1 is 1.33 bits per heavy atom. The molecule has 0 bridgehead atoms. The average molecular weight is 290 g/mol. The molecule has 1 aromatic rings. The molecule has 0 fully saturated rings. The zero-order chi connectivity index (χ0) is 15.7. The molecule has 4 heteroatoms. The molecule has 4 nitrogen and oxygen atoms in total. The van der Waals surface area contributed by atoms with Gasteiger partial charge in [0.25, 0.3) is 0 Å². The number of aliphatic imine (C=N–C) groups is 1. The second-order valence-corrected chi connectivity index (χ2v) is 5.36. The molecule has 21 heavy (non-hydrogen) atoms. The highest BCUT2D eigenvalue weighted by Gasteiger charge is 2.06. The summed E-state index contributed by atoms with van der Waals surface area (Å²) in [5.74, 6) is 0.732. The lowest BCUT2D eigenvalue weighted by molar-refractivity contribution is 0.736. The van der Waals surface area contributed by atoms with Gasteiger partial charge in [0.2, 0.25) is 0 Å². The van der Waals surface area contributed by atoms with E-state index in [-0.39, 0.29) is 0 Å². The third kappa shape index (κ3) is 5.76. The molecule has 0 unspecified atom stereocenters. The third-order valence-corrected chi connectivity index (χ3v) is 3.61. The van der Waals surface area contributed by atoms with E-state index >= 15 is 0 Å². The summed E-state index contributed by atoms with van der Waals surface area (Å²) in [6, 6.07) is 6.41. The summed E-state index contributed by atoms with van der Waals surface area (Å²) in [7, 11) is 1.98. The number of nitrogens with zero attached hydrogens (tertiary/aromatic N) is 2. The Bertz CT molecular complexity index is 454. The lowest BCUT2D eigenvalue weighted by atomic mass is 10.1. The zero-order valence-corrected chi connectivity index (χ0v) is 13.9. The van der Waals surface area contributed by atoms with Crippen LogP contribution in [-0.2, 0) is 0 Å². The van der Waals surface area contributed by atoms with E-state index in [0.29, 0.717) is 0 Å². The van der Waals surface area contributed by atoms with Crippen LogP contribution in [0.5, 0.6) is 0 Å². The molecule has 0 aliphatic rings. The fraction of sp³-hybridized carbons (Fsp3) is 0.588. The third-order valence-electron chi connectivity index (χ3n) is 3.61. The lowest BCUT2D eigenvalue weighted by Crippen LogP contribution is -2.30. The SMILES string of the molecule is CCCCC(N)=Nc1ccc(N(CC)CCNC)cc1C. The summed E-state index contributed by atoms with van der Waals surface area (Å²) >= 11 is 0. The molecule has 118 valence electrons. The Hall–Kier alpha value is -1.55. The Morgan fingerprint density at radius 2 is 2.10 bits per heavy atom. The molecule has 0 saturated heterocycles. The van der Waals surface area contributed by atoms with Gasteiger partial charge in [-0.1, -0.05) is 13.3 Å². The van der Waals surface area contributed by atoms with Gasteiger partial charge in [0.05, 0.1) is 11.5 Å². The van der Waals surface area contributed by atoms with Crippen LogP contribution in [0, 0.1) is 6.92 Å². The van der Waals surface area contributed by atoms with Crippen LogP contribution in [0.15, 0.2) is 23.2 Å². The molecule has 0 amide bonds. The molecule has 0 spiro atoms. The molecule has 1 aromatic carbocycles. The summed E-state index contributed by atoms with van der Waals surface area (Å²) < 4.78 is 0. The minimum absolute atomic E-state index is 0.732. The van der Waals surface area contributed by atoms with Crippen molar-refractivity contribution < 1.29 is 0 Å². The van der Waals surface area contributed by atoms with E-state index in [1.54, 1.807) is 0 Å². The number of likely N-dealkylation sites (N-methyl/N-ethyl adjacent to an activating group) is 2. The first kappa shape index (κ1) is 17.5. The van der Waals surface area contributed by atoms with E-state index in [4.69, 9.17) is 5.73 Å². The quantitative estimate of drug-likeness (QED) is 0.542. The predicted molar refractivity (Wildman–Crippen MR) is 93.8 cm³/mol. The predicted octanol–water partition coefficient (Wildman–Crippen LogP) is 3.22. The fourth-order valence-electron chi connectivity index (χ4n) is 2.25. The van der Waals surface area contributed by atoms with Gasteiger partial charge in [0.15, 0.2) is 0 Å². The highest BCUT2D eigenvalue weighted by atomic mass is 15.1. The Balaban J connectivity index is 2.83. The number of hydrogen-bond donors (Lipinski definition) is 2. The molecule has 1 rings (SSSR count). The van der Waals surface area contributed by atoms with Gasteiger partial charge in [0, 0.05) is 31.7 Å². The molecule has 0 aliphatic carbocycles. The molecule has 0 aromatic heterocycles. The maximum absolute atomic E-state index is 5.98. The van der Waals surface area contributed by atoms with Gasteiger partial charge in [-0.25, -0.2) is 4.99 Å². The Kier molecular flexibility index (Phi) is 7.83. The second kappa shape index (κ2) is 9.40. The first-order valence-electron chi connectivity index (χ1n) is 7.95.